The molecule has 2 heterocycles. The van der Waals surface area contributed by atoms with Crippen molar-refractivity contribution in [2.75, 3.05) is 13.1 Å². The first kappa shape index (κ1) is 11.6. The zero-order valence-electron chi connectivity index (χ0n) is 9.86. The maximum absolute atomic E-state index is 5.74. The molecule has 0 bridgehead atoms. The van der Waals surface area contributed by atoms with E-state index in [1.54, 1.807) is 0 Å². The van der Waals surface area contributed by atoms with Crippen molar-refractivity contribution in [3.63, 3.8) is 0 Å². The minimum absolute atomic E-state index is 0.415. The Bertz CT molecular complexity index is 302. The number of hydrogen-bond acceptors (Lipinski definition) is 3. The van der Waals surface area contributed by atoms with Crippen molar-refractivity contribution in [2.45, 2.75) is 38.4 Å². The average molecular weight is 220 g/mol. The van der Waals surface area contributed by atoms with Crippen molar-refractivity contribution in [2.24, 2.45) is 0 Å². The third-order valence-corrected chi connectivity index (χ3v) is 2.98. The maximum Gasteiger partial charge on any atom is 0.0704 e. The van der Waals surface area contributed by atoms with E-state index in [9.17, 15) is 0 Å². The van der Waals surface area contributed by atoms with Gasteiger partial charge in [0.2, 0.25) is 0 Å². The Labute approximate surface area is 97.2 Å². The van der Waals surface area contributed by atoms with Crippen molar-refractivity contribution in [3.8, 4) is 0 Å². The molecule has 16 heavy (non-hydrogen) atoms. The lowest BCUT2D eigenvalue weighted by molar-refractivity contribution is 0.0562. The second-order valence-electron chi connectivity index (χ2n) is 4.42. The Morgan fingerprint density at radius 1 is 1.44 bits per heavy atom. The van der Waals surface area contributed by atoms with Gasteiger partial charge in [0.25, 0.3) is 0 Å². The van der Waals surface area contributed by atoms with Gasteiger partial charge < -0.3 is 10.1 Å². The molecule has 0 amide bonds. The first-order chi connectivity index (χ1) is 7.84. The summed E-state index contributed by atoms with van der Waals surface area (Å²) in [6.45, 7) is 4.09. The third-order valence-electron chi connectivity index (χ3n) is 2.98. The van der Waals surface area contributed by atoms with E-state index in [-0.39, 0.29) is 0 Å². The second-order valence-corrected chi connectivity index (χ2v) is 4.42. The summed E-state index contributed by atoms with van der Waals surface area (Å²) in [6.07, 6.45) is 6.09. The van der Waals surface area contributed by atoms with Gasteiger partial charge in [0.15, 0.2) is 0 Å². The van der Waals surface area contributed by atoms with E-state index in [1.807, 2.05) is 18.3 Å². The minimum atomic E-state index is 0.415. The molecule has 1 saturated heterocycles. The number of nitrogens with zero attached hydrogens (tertiary/aromatic N) is 1. The summed E-state index contributed by atoms with van der Waals surface area (Å²) in [4.78, 5) is 4.29. The van der Waals surface area contributed by atoms with Gasteiger partial charge in [-0.05, 0) is 31.9 Å². The quantitative estimate of drug-likeness (QED) is 0.768. The fourth-order valence-electron chi connectivity index (χ4n) is 2.06. The van der Waals surface area contributed by atoms with Crippen LogP contribution in [0.5, 0.6) is 0 Å². The highest BCUT2D eigenvalue weighted by atomic mass is 16.5. The Morgan fingerprint density at radius 2 is 2.38 bits per heavy atom. The molecule has 2 rings (SSSR count). The number of nitrogens with one attached hydrogen (secondary N) is 1. The van der Waals surface area contributed by atoms with E-state index >= 15 is 0 Å². The predicted octanol–water partition coefficient (Wildman–Crippen LogP) is 1.78. The molecule has 0 aromatic carbocycles. The lowest BCUT2D eigenvalue weighted by atomic mass is 10.2. The number of ether oxygens (including phenoxy) is 1. The Balaban J connectivity index is 1.59. The van der Waals surface area contributed by atoms with Crippen LogP contribution in [0.1, 0.15) is 25.5 Å². The standard InChI is InChI=1S/C13H20N2O/c1-11-5-6-13(16-11)10-14-9-7-12-4-2-3-8-15-12/h2-4,8,11,13-14H,5-7,9-10H2,1H3. The van der Waals surface area contributed by atoms with Crippen LogP contribution in [0.15, 0.2) is 24.4 Å². The van der Waals surface area contributed by atoms with Crippen LogP contribution < -0.4 is 5.32 Å². The molecule has 88 valence electrons. The van der Waals surface area contributed by atoms with Crippen LogP contribution in [0.3, 0.4) is 0 Å². The summed E-state index contributed by atoms with van der Waals surface area (Å²) in [6, 6.07) is 6.05. The molecule has 1 N–H and O–H groups in total. The summed E-state index contributed by atoms with van der Waals surface area (Å²) in [7, 11) is 0. The van der Waals surface area contributed by atoms with Crippen molar-refractivity contribution in [1.29, 1.82) is 0 Å². The summed E-state index contributed by atoms with van der Waals surface area (Å²) in [5, 5.41) is 3.43. The molecule has 0 radical (unpaired) electrons. The highest BCUT2D eigenvalue weighted by molar-refractivity contribution is 5.03. The predicted molar refractivity (Wildman–Crippen MR) is 64.4 cm³/mol. The van der Waals surface area contributed by atoms with Crippen molar-refractivity contribution in [3.05, 3.63) is 30.1 Å². The van der Waals surface area contributed by atoms with Crippen molar-refractivity contribution >= 4 is 0 Å². The normalized spacial score (nSPS) is 24.8. The first-order valence-corrected chi connectivity index (χ1v) is 6.10. The van der Waals surface area contributed by atoms with Crippen LogP contribution in [0.25, 0.3) is 0 Å². The largest absolute Gasteiger partial charge is 0.374 e. The lowest BCUT2D eigenvalue weighted by Crippen LogP contribution is -2.28. The Morgan fingerprint density at radius 3 is 3.06 bits per heavy atom. The molecule has 1 aromatic heterocycles. The molecule has 2 unspecified atom stereocenters. The molecule has 1 fully saturated rings. The molecule has 1 aliphatic rings. The van der Waals surface area contributed by atoms with Gasteiger partial charge in [-0.2, -0.15) is 0 Å². The summed E-state index contributed by atoms with van der Waals surface area (Å²) < 4.78 is 5.74. The minimum Gasteiger partial charge on any atom is -0.374 e. The number of aromatic nitrogens is 1. The zero-order valence-corrected chi connectivity index (χ0v) is 9.86. The van der Waals surface area contributed by atoms with Gasteiger partial charge in [0.05, 0.1) is 12.2 Å². The Kier molecular flexibility index (Phi) is 4.31. The zero-order chi connectivity index (χ0) is 11.2. The molecular formula is C13H20N2O. The number of pyridine rings is 1. The highest BCUT2D eigenvalue weighted by Gasteiger charge is 2.20. The van der Waals surface area contributed by atoms with Gasteiger partial charge in [-0.15, -0.1) is 0 Å². The van der Waals surface area contributed by atoms with Gasteiger partial charge in [-0.1, -0.05) is 6.07 Å². The molecule has 1 aliphatic heterocycles. The monoisotopic (exact) mass is 220 g/mol. The smallest absolute Gasteiger partial charge is 0.0704 e. The molecule has 3 heteroatoms. The molecule has 0 aliphatic carbocycles. The van der Waals surface area contributed by atoms with Gasteiger partial charge in [-0.3, -0.25) is 4.98 Å². The average Bonchev–Trinajstić information content (AvgIpc) is 2.72. The van der Waals surface area contributed by atoms with Crippen molar-refractivity contribution in [1.82, 2.24) is 10.3 Å². The lowest BCUT2D eigenvalue weighted by Gasteiger charge is -2.11. The van der Waals surface area contributed by atoms with Crippen LogP contribution in [0, 0.1) is 0 Å². The van der Waals surface area contributed by atoms with Crippen LogP contribution in [-0.4, -0.2) is 30.3 Å². The summed E-state index contributed by atoms with van der Waals surface area (Å²) >= 11 is 0. The first-order valence-electron chi connectivity index (χ1n) is 6.10. The van der Waals surface area contributed by atoms with E-state index in [2.05, 4.69) is 23.3 Å². The SMILES string of the molecule is CC1CCC(CNCCc2ccccn2)O1. The fraction of sp³-hybridized carbons (Fsp3) is 0.615. The molecule has 2 atom stereocenters. The molecule has 1 aromatic rings. The molecule has 0 saturated carbocycles. The number of rotatable bonds is 5. The van der Waals surface area contributed by atoms with E-state index in [0.717, 1.165) is 25.2 Å². The van der Waals surface area contributed by atoms with Crippen LogP contribution in [-0.2, 0) is 11.2 Å². The summed E-state index contributed by atoms with van der Waals surface area (Å²) in [5.74, 6) is 0. The van der Waals surface area contributed by atoms with E-state index in [1.165, 1.54) is 12.8 Å². The van der Waals surface area contributed by atoms with Crippen molar-refractivity contribution < 1.29 is 4.74 Å². The van der Waals surface area contributed by atoms with E-state index in [4.69, 9.17) is 4.74 Å². The topological polar surface area (TPSA) is 34.2 Å². The van der Waals surface area contributed by atoms with Gasteiger partial charge in [0, 0.05) is 31.4 Å². The van der Waals surface area contributed by atoms with Gasteiger partial charge in [-0.25, -0.2) is 0 Å². The Hall–Kier alpha value is -0.930. The van der Waals surface area contributed by atoms with Crippen LogP contribution in [0.2, 0.25) is 0 Å². The molecule has 3 nitrogen and oxygen atoms in total. The van der Waals surface area contributed by atoms with Gasteiger partial charge >= 0.3 is 0 Å². The van der Waals surface area contributed by atoms with Gasteiger partial charge in [0.1, 0.15) is 0 Å². The molecule has 0 spiro atoms. The van der Waals surface area contributed by atoms with Crippen LogP contribution >= 0.6 is 0 Å². The van der Waals surface area contributed by atoms with E-state index in [0.29, 0.717) is 12.2 Å². The molecular weight excluding hydrogens is 200 g/mol. The van der Waals surface area contributed by atoms with E-state index < -0.39 is 0 Å². The summed E-state index contributed by atoms with van der Waals surface area (Å²) in [5.41, 5.74) is 1.15. The van der Waals surface area contributed by atoms with Crippen LogP contribution in [0.4, 0.5) is 0 Å². The third kappa shape index (κ3) is 3.58. The number of hydrogen-bond donors (Lipinski definition) is 1. The fourth-order valence-corrected chi connectivity index (χ4v) is 2.06. The second kappa shape index (κ2) is 5.97. The maximum atomic E-state index is 5.74. The highest BCUT2D eigenvalue weighted by Crippen LogP contribution is 2.17.